The van der Waals surface area contributed by atoms with Crippen LogP contribution >= 0.6 is 0 Å². The van der Waals surface area contributed by atoms with Crippen LogP contribution in [0.2, 0.25) is 0 Å². The molecule has 1 saturated heterocycles. The van der Waals surface area contributed by atoms with Crippen LogP contribution in [-0.4, -0.2) is 39.8 Å². The quantitative estimate of drug-likeness (QED) is 0.659. The molecule has 2 N–H and O–H groups in total. The molecule has 6 nitrogen and oxygen atoms in total. The van der Waals surface area contributed by atoms with Gasteiger partial charge in [-0.15, -0.1) is 0 Å². The summed E-state index contributed by atoms with van der Waals surface area (Å²) in [6.45, 7) is 3.39. The van der Waals surface area contributed by atoms with Crippen molar-refractivity contribution in [3.05, 3.63) is 66.0 Å². The number of hydrogen-bond acceptors (Lipinski definition) is 3. The highest BCUT2D eigenvalue weighted by atomic mass is 16.2. The van der Waals surface area contributed by atoms with Crippen molar-refractivity contribution < 1.29 is 9.59 Å². The van der Waals surface area contributed by atoms with Crippen LogP contribution in [0.4, 0.5) is 0 Å². The largest absolute Gasteiger partial charge is 0.346 e. The van der Waals surface area contributed by atoms with E-state index in [2.05, 4.69) is 15.3 Å². The summed E-state index contributed by atoms with van der Waals surface area (Å²) in [5.41, 5.74) is 2.92. The third-order valence-corrected chi connectivity index (χ3v) is 5.83. The summed E-state index contributed by atoms with van der Waals surface area (Å²) in [5.74, 6) is 1.29. The summed E-state index contributed by atoms with van der Waals surface area (Å²) in [6.07, 6.45) is 2.67. The summed E-state index contributed by atoms with van der Waals surface area (Å²) < 4.78 is 0. The van der Waals surface area contributed by atoms with E-state index >= 15 is 0 Å². The molecule has 1 aromatic heterocycles. The van der Waals surface area contributed by atoms with Crippen LogP contribution in [0.3, 0.4) is 0 Å². The maximum absolute atomic E-state index is 12.5. The number of amides is 2. The van der Waals surface area contributed by atoms with E-state index in [0.717, 1.165) is 48.4 Å². The molecule has 156 valence electrons. The highest BCUT2D eigenvalue weighted by molar-refractivity contribution is 5.79. The predicted octanol–water partition coefficient (Wildman–Crippen LogP) is 3.61. The first-order valence-electron chi connectivity index (χ1n) is 10.6. The van der Waals surface area contributed by atoms with E-state index < -0.39 is 0 Å². The van der Waals surface area contributed by atoms with Gasteiger partial charge in [0, 0.05) is 19.5 Å². The van der Waals surface area contributed by atoms with Crippen molar-refractivity contribution in [2.24, 2.45) is 5.92 Å². The zero-order valence-corrected chi connectivity index (χ0v) is 17.3. The second-order valence-electron chi connectivity index (χ2n) is 8.12. The highest BCUT2D eigenvalue weighted by Crippen LogP contribution is 2.22. The average molecular weight is 405 g/mol. The molecule has 4 rings (SSSR count). The molecule has 0 spiro atoms. The Bertz CT molecular complexity index is 973. The molecule has 2 heterocycles. The maximum Gasteiger partial charge on any atom is 0.226 e. The molecule has 0 unspecified atom stereocenters. The van der Waals surface area contributed by atoms with Crippen molar-refractivity contribution in [3.63, 3.8) is 0 Å². The van der Waals surface area contributed by atoms with Gasteiger partial charge in [-0.2, -0.15) is 0 Å². The lowest BCUT2D eigenvalue weighted by atomic mass is 9.92. The Labute approximate surface area is 176 Å². The van der Waals surface area contributed by atoms with Gasteiger partial charge in [0.2, 0.25) is 11.8 Å². The van der Waals surface area contributed by atoms with Gasteiger partial charge in [0.05, 0.1) is 23.5 Å². The molecule has 1 aliphatic heterocycles. The summed E-state index contributed by atoms with van der Waals surface area (Å²) in [4.78, 5) is 34.8. The minimum Gasteiger partial charge on any atom is -0.346 e. The fourth-order valence-electron chi connectivity index (χ4n) is 4.08. The summed E-state index contributed by atoms with van der Waals surface area (Å²) in [5, 5.41) is 3.06. The lowest BCUT2D eigenvalue weighted by molar-refractivity contribution is -0.132. The van der Waals surface area contributed by atoms with Gasteiger partial charge in [-0.05, 0) is 43.4 Å². The Morgan fingerprint density at radius 3 is 2.53 bits per heavy atom. The van der Waals surface area contributed by atoms with Gasteiger partial charge in [0.1, 0.15) is 5.82 Å². The number of H-pyrrole nitrogens is 1. The molecular formula is C24H28N4O2. The number of aromatic nitrogens is 2. The van der Waals surface area contributed by atoms with Crippen molar-refractivity contribution in [1.82, 2.24) is 20.2 Å². The van der Waals surface area contributed by atoms with Crippen LogP contribution in [0.1, 0.15) is 43.6 Å². The number of nitrogens with one attached hydrogen (secondary N) is 2. The van der Waals surface area contributed by atoms with Crippen LogP contribution in [0.25, 0.3) is 11.0 Å². The Hall–Kier alpha value is -3.15. The van der Waals surface area contributed by atoms with Gasteiger partial charge in [-0.1, -0.05) is 42.5 Å². The zero-order chi connectivity index (χ0) is 20.9. The first-order valence-corrected chi connectivity index (χ1v) is 10.6. The van der Waals surface area contributed by atoms with Crippen LogP contribution in [0.15, 0.2) is 54.6 Å². The Morgan fingerprint density at radius 1 is 1.10 bits per heavy atom. The number of fused-ring (bicyclic) bond motifs is 1. The third kappa shape index (κ3) is 4.87. The molecule has 1 aliphatic rings. The maximum atomic E-state index is 12.5. The van der Waals surface area contributed by atoms with E-state index in [1.807, 2.05) is 66.4 Å². The average Bonchev–Trinajstić information content (AvgIpc) is 3.19. The number of likely N-dealkylation sites (tertiary alicyclic amines) is 1. The second-order valence-corrected chi connectivity index (χ2v) is 8.12. The number of nitrogens with zero attached hydrogens (tertiary/aromatic N) is 2. The lowest BCUT2D eigenvalue weighted by Gasteiger charge is -2.32. The molecule has 0 saturated carbocycles. The van der Waals surface area contributed by atoms with Crippen LogP contribution in [-0.2, 0) is 16.0 Å². The first kappa shape index (κ1) is 20.1. The molecule has 2 amide bonds. The molecule has 0 radical (unpaired) electrons. The first-order chi connectivity index (χ1) is 14.6. The molecule has 1 fully saturated rings. The fraction of sp³-hybridized carbons (Fsp3) is 0.375. The van der Waals surface area contributed by atoms with Crippen LogP contribution in [0.5, 0.6) is 0 Å². The Morgan fingerprint density at radius 2 is 1.80 bits per heavy atom. The molecule has 2 aromatic carbocycles. The summed E-state index contributed by atoms with van der Waals surface area (Å²) in [6, 6.07) is 17.5. The van der Waals surface area contributed by atoms with E-state index in [4.69, 9.17) is 0 Å². The number of benzene rings is 2. The van der Waals surface area contributed by atoms with E-state index in [1.165, 1.54) is 0 Å². The number of hydrogen-bond donors (Lipinski definition) is 2. The van der Waals surface area contributed by atoms with Crippen LogP contribution < -0.4 is 5.32 Å². The van der Waals surface area contributed by atoms with E-state index in [0.29, 0.717) is 18.8 Å². The monoisotopic (exact) mass is 404 g/mol. The number of aromatic amines is 1. The second kappa shape index (κ2) is 9.11. The predicted molar refractivity (Wildman–Crippen MR) is 117 cm³/mol. The van der Waals surface area contributed by atoms with Gasteiger partial charge >= 0.3 is 0 Å². The number of rotatable bonds is 6. The molecule has 0 aliphatic carbocycles. The van der Waals surface area contributed by atoms with Gasteiger partial charge in [-0.25, -0.2) is 4.98 Å². The van der Waals surface area contributed by atoms with Gasteiger partial charge < -0.3 is 15.2 Å². The van der Waals surface area contributed by atoms with Crippen molar-refractivity contribution in [2.45, 2.75) is 38.6 Å². The normalized spacial score (nSPS) is 15.8. The van der Waals surface area contributed by atoms with Crippen LogP contribution in [0, 0.1) is 5.92 Å². The zero-order valence-electron chi connectivity index (χ0n) is 17.3. The molecular weight excluding hydrogens is 376 g/mol. The van der Waals surface area contributed by atoms with Crippen molar-refractivity contribution in [3.8, 4) is 0 Å². The van der Waals surface area contributed by atoms with E-state index in [9.17, 15) is 9.59 Å². The molecule has 0 bridgehead atoms. The molecule has 3 aromatic rings. The van der Waals surface area contributed by atoms with Crippen molar-refractivity contribution >= 4 is 22.8 Å². The minimum atomic E-state index is -0.169. The smallest absolute Gasteiger partial charge is 0.226 e. The highest BCUT2D eigenvalue weighted by Gasteiger charge is 2.25. The number of carbonyl (C=O) groups excluding carboxylic acids is 2. The third-order valence-electron chi connectivity index (χ3n) is 5.83. The number of carbonyl (C=O) groups is 2. The van der Waals surface area contributed by atoms with Gasteiger partial charge in [-0.3, -0.25) is 9.59 Å². The minimum absolute atomic E-state index is 0.0389. The fourth-order valence-corrected chi connectivity index (χ4v) is 4.08. The van der Waals surface area contributed by atoms with E-state index in [1.54, 1.807) is 0 Å². The summed E-state index contributed by atoms with van der Waals surface area (Å²) >= 11 is 0. The Kier molecular flexibility index (Phi) is 6.12. The van der Waals surface area contributed by atoms with Gasteiger partial charge in [0.25, 0.3) is 0 Å². The molecule has 30 heavy (non-hydrogen) atoms. The number of para-hydroxylation sites is 2. The van der Waals surface area contributed by atoms with Crippen molar-refractivity contribution in [1.29, 1.82) is 0 Å². The molecule has 1 atom stereocenters. The SMILES string of the molecule is C[C@@H](NC(=O)CC1CCN(C(=O)Cc2ccccc2)CC1)c1nc2ccccc2[nH]1. The van der Waals surface area contributed by atoms with Crippen molar-refractivity contribution in [2.75, 3.05) is 13.1 Å². The Balaban J connectivity index is 1.23. The number of imidazole rings is 1. The topological polar surface area (TPSA) is 78.1 Å². The number of piperidine rings is 1. The van der Waals surface area contributed by atoms with Gasteiger partial charge in [0.15, 0.2) is 0 Å². The lowest BCUT2D eigenvalue weighted by Crippen LogP contribution is -2.40. The standard InChI is InChI=1S/C24H28N4O2/c1-17(24-26-20-9-5-6-10-21(20)27-24)25-22(29)15-19-11-13-28(14-12-19)23(30)16-18-7-3-2-4-8-18/h2-10,17,19H,11-16H2,1H3,(H,25,29)(H,26,27)/t17-/m1/s1. The summed E-state index contributed by atoms with van der Waals surface area (Å²) in [7, 11) is 0. The molecule has 6 heteroatoms. The van der Waals surface area contributed by atoms with E-state index in [-0.39, 0.29) is 17.9 Å².